The van der Waals surface area contributed by atoms with Gasteiger partial charge in [0, 0.05) is 120 Å². The average Bonchev–Trinajstić information content (AvgIpc) is 1.65. The summed E-state index contributed by atoms with van der Waals surface area (Å²) in [6.45, 7) is 27.7. The third-order valence-electron chi connectivity index (χ3n) is 21.6. The Labute approximate surface area is 742 Å². The van der Waals surface area contributed by atoms with E-state index in [0.717, 1.165) is 124 Å². The molecule has 3 aromatic carbocycles. The molecule has 0 aliphatic carbocycles. The molecule has 12 N–H and O–H groups in total. The molecule has 684 valence electrons. The standard InChI is InChI=1S/C30H41N9O5.C25H33N9O3.C22H28N8O2.C8H15NO4.ClH/c1-19(33-29(42)44-30(2,3)4)26(40)37-12-10-22(11-13-37)39-25-23(18-32-39)24(35-27(36-25)38-14-16-43-17-15-38)20-6-8-21(9-7-20)34-28(41)31-5;1-16(26)23(35)32-9-7-19(8-10-32)34-22-20(15-28-34)21(30-24(31-22)33-11-13-37-14-12-33)17-3-5-18(6-4-17)29-25(36)27-2;1-23-22(31)26-16-4-2-15(3-5-16)19-18-14-25-30(17-6-8-24-9-7-17)20(18)28-21(27-19)29-10-12-32-13-11-29;1-5(6(10)11)9-7(12)13-8(2,3)4;/h6-9,18-19,22H,10-17H2,1-5H3,(H,33,42)(H2,31,34,41);3-6,15-16,19H,7-14,26H2,1-2H3,(H2,27,29,36);2-5,14,17,24H,6-13H2,1H3,(H2,23,26,31);5H,1-4H3,(H,9,12)(H,10,11);1H/t19-;16-;;5-;/m00.0./s1. The molecule has 12 heterocycles. The lowest BCUT2D eigenvalue weighted by atomic mass is 10.0. The number of morpholine rings is 3. The molecule has 42 heteroatoms. The molecular formula is C85H118ClN27O14. The minimum atomic E-state index is -1.09. The van der Waals surface area contributed by atoms with Gasteiger partial charge in [-0.05, 0) is 150 Å². The number of hydrogen-bond donors (Lipinski definition) is 11. The van der Waals surface area contributed by atoms with Crippen molar-refractivity contribution in [3.05, 3.63) is 91.4 Å². The molecule has 6 aliphatic rings. The number of fused-ring (bicyclic) bond motifs is 3. The largest absolute Gasteiger partial charge is 0.480 e. The molecule has 9 aromatic rings. The van der Waals surface area contributed by atoms with E-state index < -0.39 is 47.5 Å². The molecule has 6 saturated heterocycles. The number of urea groups is 3. The summed E-state index contributed by atoms with van der Waals surface area (Å²) in [5, 5.41) is 49.6. The highest BCUT2D eigenvalue weighted by Gasteiger charge is 2.34. The van der Waals surface area contributed by atoms with E-state index in [0.29, 0.717) is 140 Å². The van der Waals surface area contributed by atoms with Crippen LogP contribution < -0.4 is 68.3 Å². The van der Waals surface area contributed by atoms with Crippen molar-refractivity contribution in [2.45, 2.75) is 148 Å². The number of aliphatic carboxylic acids is 1. The normalized spacial score (nSPS) is 16.7. The summed E-state index contributed by atoms with van der Waals surface area (Å²) < 4.78 is 32.8. The Morgan fingerprint density at radius 2 is 0.724 bits per heavy atom. The van der Waals surface area contributed by atoms with Gasteiger partial charge in [-0.25, -0.2) is 53.0 Å². The van der Waals surface area contributed by atoms with Crippen LogP contribution in [0, 0.1) is 0 Å². The number of nitrogens with zero attached hydrogens (tertiary/aromatic N) is 17. The van der Waals surface area contributed by atoms with E-state index >= 15 is 0 Å². The Hall–Kier alpha value is -12.4. The third-order valence-corrected chi connectivity index (χ3v) is 21.6. The molecule has 0 bridgehead atoms. The highest BCUT2D eigenvalue weighted by atomic mass is 35.5. The van der Waals surface area contributed by atoms with Crippen molar-refractivity contribution in [2.75, 3.05) is 170 Å². The van der Waals surface area contributed by atoms with E-state index in [1.54, 1.807) is 87.6 Å². The monoisotopic (exact) mass is 1780 g/mol. The van der Waals surface area contributed by atoms with Crippen LogP contribution in [0.1, 0.15) is 119 Å². The molecular weight excluding hydrogens is 1660 g/mol. The number of rotatable bonds is 17. The molecule has 0 saturated carbocycles. The first-order valence-corrected chi connectivity index (χ1v) is 42.7. The fourth-order valence-corrected chi connectivity index (χ4v) is 15.0. The number of carboxylic acids is 1. The molecule has 0 spiro atoms. The lowest BCUT2D eigenvalue weighted by Crippen LogP contribution is -2.50. The number of carbonyl (C=O) groups excluding carboxylic acids is 7. The maximum atomic E-state index is 13.1. The van der Waals surface area contributed by atoms with Gasteiger partial charge < -0.3 is 107 Å². The number of aromatic nitrogens is 12. The number of ether oxygens (including phenoxy) is 5. The quantitative estimate of drug-likeness (QED) is 0.0409. The van der Waals surface area contributed by atoms with Crippen molar-refractivity contribution in [1.82, 2.24) is 101 Å². The Morgan fingerprint density at radius 1 is 0.433 bits per heavy atom. The summed E-state index contributed by atoms with van der Waals surface area (Å²) in [4.78, 5) is 134. The van der Waals surface area contributed by atoms with Gasteiger partial charge in [0.2, 0.25) is 29.7 Å². The number of carboxylic acid groups (broad SMARTS) is 1. The van der Waals surface area contributed by atoms with Crippen molar-refractivity contribution in [2.24, 2.45) is 5.73 Å². The number of nitrogens with one attached hydrogen (secondary N) is 9. The van der Waals surface area contributed by atoms with Crippen LogP contribution in [-0.4, -0.2) is 291 Å². The van der Waals surface area contributed by atoms with Crippen molar-refractivity contribution < 1.29 is 67.1 Å². The summed E-state index contributed by atoms with van der Waals surface area (Å²) in [5.41, 5.74) is 14.1. The molecule has 6 aromatic heterocycles. The predicted octanol–water partition coefficient (Wildman–Crippen LogP) is 8.16. The number of piperidine rings is 3. The summed E-state index contributed by atoms with van der Waals surface area (Å²) in [5.74, 6) is 0.708. The second kappa shape index (κ2) is 43.6. The van der Waals surface area contributed by atoms with Gasteiger partial charge in [0.05, 0.1) is 116 Å². The van der Waals surface area contributed by atoms with E-state index in [4.69, 9.17) is 79.7 Å². The molecule has 6 fully saturated rings. The molecule has 6 aliphatic heterocycles. The molecule has 15 rings (SSSR count). The van der Waals surface area contributed by atoms with Gasteiger partial charge >= 0.3 is 36.2 Å². The first-order chi connectivity index (χ1) is 60.4. The lowest BCUT2D eigenvalue weighted by molar-refractivity contribution is -0.139. The number of amides is 10. The molecule has 3 atom stereocenters. The van der Waals surface area contributed by atoms with E-state index in [1.807, 2.05) is 99.5 Å². The van der Waals surface area contributed by atoms with Gasteiger partial charge in [0.15, 0.2) is 16.9 Å². The number of halogens is 1. The first kappa shape index (κ1) is 95.2. The molecule has 10 amide bonds. The maximum Gasteiger partial charge on any atom is 0.408 e. The first-order valence-electron chi connectivity index (χ1n) is 42.7. The van der Waals surface area contributed by atoms with E-state index in [9.17, 15) is 38.4 Å². The van der Waals surface area contributed by atoms with Crippen LogP contribution in [0.4, 0.5) is 58.9 Å². The maximum absolute atomic E-state index is 13.1. The van der Waals surface area contributed by atoms with Gasteiger partial charge in [-0.15, -0.1) is 12.4 Å². The van der Waals surface area contributed by atoms with Crippen LogP contribution in [0.3, 0.4) is 0 Å². The van der Waals surface area contributed by atoms with Gasteiger partial charge in [0.25, 0.3) is 0 Å². The van der Waals surface area contributed by atoms with Crippen LogP contribution in [0.25, 0.3) is 66.9 Å². The zero-order chi connectivity index (χ0) is 89.9. The summed E-state index contributed by atoms with van der Waals surface area (Å²) in [6.07, 6.45) is 9.17. The Morgan fingerprint density at radius 3 is 1.01 bits per heavy atom. The zero-order valence-corrected chi connectivity index (χ0v) is 74.8. The van der Waals surface area contributed by atoms with Gasteiger partial charge in [-0.2, -0.15) is 30.2 Å². The molecule has 0 unspecified atom stereocenters. The van der Waals surface area contributed by atoms with E-state index in [-0.39, 0.29) is 54.4 Å². The van der Waals surface area contributed by atoms with Crippen LogP contribution >= 0.6 is 12.4 Å². The van der Waals surface area contributed by atoms with Gasteiger partial charge in [-0.3, -0.25) is 14.4 Å². The second-order valence-corrected chi connectivity index (χ2v) is 33.2. The number of alkyl carbamates (subject to hydrolysis) is 2. The topological polar surface area (TPSA) is 484 Å². The number of nitrogens with two attached hydrogens (primary N) is 1. The molecule has 41 nitrogen and oxygen atoms in total. The highest BCUT2D eigenvalue weighted by molar-refractivity contribution is 5.96. The minimum absolute atomic E-state index is 0. The fraction of sp³-hybridized carbons (Fsp3) is 0.518. The number of anilines is 6. The summed E-state index contributed by atoms with van der Waals surface area (Å²) in [6, 6.07) is 20.3. The number of carbonyl (C=O) groups is 8. The Kier molecular flexibility index (Phi) is 32.7. The van der Waals surface area contributed by atoms with Crippen LogP contribution in [0.5, 0.6) is 0 Å². The summed E-state index contributed by atoms with van der Waals surface area (Å²) >= 11 is 0. The Bertz CT molecular complexity index is 5240. The van der Waals surface area contributed by atoms with E-state index in [2.05, 4.69) is 67.2 Å². The van der Waals surface area contributed by atoms with Crippen molar-refractivity contribution in [3.63, 3.8) is 0 Å². The van der Waals surface area contributed by atoms with Gasteiger partial charge in [-0.1, -0.05) is 36.4 Å². The molecule has 127 heavy (non-hydrogen) atoms. The zero-order valence-electron chi connectivity index (χ0n) is 73.9. The summed E-state index contributed by atoms with van der Waals surface area (Å²) in [7, 11) is 4.74. The van der Waals surface area contributed by atoms with Crippen molar-refractivity contribution in [3.8, 4) is 33.8 Å². The van der Waals surface area contributed by atoms with E-state index in [1.165, 1.54) is 6.92 Å². The number of benzene rings is 3. The molecule has 0 radical (unpaired) electrons. The highest BCUT2D eigenvalue weighted by Crippen LogP contribution is 2.38. The number of likely N-dealkylation sites (tertiary alicyclic amines) is 2. The third kappa shape index (κ3) is 25.3. The number of hydrogen-bond acceptors (Lipinski definition) is 27. The van der Waals surface area contributed by atoms with Crippen LogP contribution in [0.2, 0.25) is 0 Å². The van der Waals surface area contributed by atoms with Crippen LogP contribution in [0.15, 0.2) is 91.4 Å². The predicted molar refractivity (Wildman–Crippen MR) is 483 cm³/mol. The minimum Gasteiger partial charge on any atom is -0.480 e. The van der Waals surface area contributed by atoms with Crippen molar-refractivity contribution in [1.29, 1.82) is 0 Å². The second-order valence-electron chi connectivity index (χ2n) is 33.2. The SMILES string of the molecule is CNC(=O)Nc1ccc(-c2nc(N3CCOCC3)nc3c2cnn3C2CCN(C(=O)[C@H](C)N)CC2)cc1.CNC(=O)Nc1ccc(-c2nc(N3CCOCC3)nc3c2cnn3C2CCN(C(=O)[C@H](C)NC(=O)OC(C)(C)C)CC2)cc1.CNC(=O)Nc1ccc(-c2nc(N3CCOCC3)nc3c2cnn3C2CCNCC2)cc1.C[C@H](NC(=O)OC(C)(C)C)C(=O)O.Cl. The van der Waals surface area contributed by atoms with Crippen LogP contribution in [-0.2, 0) is 38.1 Å². The lowest BCUT2D eigenvalue weighted by Gasteiger charge is -2.34. The fourth-order valence-electron chi connectivity index (χ4n) is 15.0. The van der Waals surface area contributed by atoms with Gasteiger partial charge in [0.1, 0.15) is 23.3 Å². The average molecular weight is 1780 g/mol. The smallest absolute Gasteiger partial charge is 0.408 e. The van der Waals surface area contributed by atoms with Crippen molar-refractivity contribution >= 4 is 128 Å². The Balaban J connectivity index is 0.000000173.